The molecule has 0 saturated heterocycles. The van der Waals surface area contributed by atoms with Gasteiger partial charge in [-0.05, 0) is 25.6 Å². The lowest BCUT2D eigenvalue weighted by Gasteiger charge is -2.13. The van der Waals surface area contributed by atoms with E-state index in [1.807, 2.05) is 11.5 Å². The van der Waals surface area contributed by atoms with Crippen LogP contribution in [-0.4, -0.2) is 31.0 Å². The molecule has 0 spiro atoms. The number of nitrogens with zero attached hydrogens (tertiary/aromatic N) is 2. The molecule has 2 atom stereocenters. The van der Waals surface area contributed by atoms with Crippen molar-refractivity contribution in [1.82, 2.24) is 14.8 Å². The lowest BCUT2D eigenvalue weighted by atomic mass is 10.3. The van der Waals surface area contributed by atoms with Crippen molar-refractivity contribution in [3.63, 3.8) is 0 Å². The van der Waals surface area contributed by atoms with Gasteiger partial charge in [-0.25, -0.2) is 0 Å². The molecule has 0 aliphatic heterocycles. The van der Waals surface area contributed by atoms with Crippen LogP contribution in [0, 0.1) is 4.77 Å². The molecule has 15 heavy (non-hydrogen) atoms. The molecule has 0 fully saturated rings. The van der Waals surface area contributed by atoms with Gasteiger partial charge < -0.3 is 4.57 Å². The molecule has 86 valence electrons. The van der Waals surface area contributed by atoms with Crippen LogP contribution in [0.3, 0.4) is 0 Å². The van der Waals surface area contributed by atoms with E-state index in [0.717, 1.165) is 18.7 Å². The minimum Gasteiger partial charge on any atom is -0.300 e. The lowest BCUT2D eigenvalue weighted by Crippen LogP contribution is -2.15. The summed E-state index contributed by atoms with van der Waals surface area (Å²) in [6.45, 7) is 4.12. The minimum absolute atomic E-state index is 0.142. The predicted molar refractivity (Wildman–Crippen MR) is 65.1 cm³/mol. The molecule has 1 N–H and O–H groups in total. The molecule has 0 aromatic carbocycles. The number of aromatic nitrogens is 3. The summed E-state index contributed by atoms with van der Waals surface area (Å²) in [5, 5.41) is 6.97. The van der Waals surface area contributed by atoms with E-state index in [4.69, 9.17) is 12.2 Å². The first-order valence-electron chi connectivity index (χ1n) is 5.02. The highest BCUT2D eigenvalue weighted by Gasteiger charge is 2.13. The zero-order chi connectivity index (χ0) is 11.4. The van der Waals surface area contributed by atoms with E-state index in [-0.39, 0.29) is 6.04 Å². The Hall–Kier alpha value is -0.490. The van der Waals surface area contributed by atoms with Crippen LogP contribution in [0.4, 0.5) is 0 Å². The number of aryl methyl sites for hydroxylation is 1. The summed E-state index contributed by atoms with van der Waals surface area (Å²) in [4.78, 5) is 0. The van der Waals surface area contributed by atoms with Gasteiger partial charge in [-0.2, -0.15) is 5.10 Å². The molecule has 0 amide bonds. The van der Waals surface area contributed by atoms with E-state index in [1.165, 1.54) is 0 Å². The average molecular weight is 247 g/mol. The molecule has 0 saturated carbocycles. The van der Waals surface area contributed by atoms with Gasteiger partial charge in [-0.3, -0.25) is 9.31 Å². The summed E-state index contributed by atoms with van der Waals surface area (Å²) in [7, 11) is -0.810. The number of H-pyrrole nitrogens is 1. The van der Waals surface area contributed by atoms with Gasteiger partial charge in [-0.1, -0.05) is 6.92 Å². The third-order valence-corrected chi connectivity index (χ3v) is 3.41. The number of aromatic amines is 1. The van der Waals surface area contributed by atoms with Crippen molar-refractivity contribution in [3.05, 3.63) is 10.6 Å². The average Bonchev–Trinajstić information content (AvgIpc) is 2.46. The molecule has 6 heteroatoms. The molecule has 0 bridgehead atoms. The fourth-order valence-electron chi connectivity index (χ4n) is 1.61. The van der Waals surface area contributed by atoms with E-state index in [1.54, 1.807) is 6.26 Å². The maximum Gasteiger partial charge on any atom is 0.195 e. The van der Waals surface area contributed by atoms with E-state index in [2.05, 4.69) is 17.1 Å². The normalized spacial score (nSPS) is 15.1. The Morgan fingerprint density at radius 3 is 2.87 bits per heavy atom. The number of hydrogen-bond acceptors (Lipinski definition) is 3. The monoisotopic (exact) mass is 247 g/mol. The number of nitrogens with one attached hydrogen (secondary N) is 1. The first-order chi connectivity index (χ1) is 7.06. The lowest BCUT2D eigenvalue weighted by molar-refractivity contribution is 0.558. The Morgan fingerprint density at radius 1 is 1.67 bits per heavy atom. The smallest absolute Gasteiger partial charge is 0.195 e. The number of hydrogen-bond donors (Lipinski definition) is 1. The van der Waals surface area contributed by atoms with Crippen LogP contribution in [0.15, 0.2) is 0 Å². The second-order valence-electron chi connectivity index (χ2n) is 3.65. The van der Waals surface area contributed by atoms with Crippen LogP contribution >= 0.6 is 12.2 Å². The Balaban J connectivity index is 2.95. The van der Waals surface area contributed by atoms with E-state index < -0.39 is 10.8 Å². The zero-order valence-electron chi connectivity index (χ0n) is 9.32. The van der Waals surface area contributed by atoms with Crippen molar-refractivity contribution in [2.24, 2.45) is 0 Å². The van der Waals surface area contributed by atoms with Gasteiger partial charge in [0.25, 0.3) is 0 Å². The molecule has 0 aliphatic carbocycles. The fourth-order valence-corrected chi connectivity index (χ4v) is 2.77. The molecule has 0 aliphatic rings. The Morgan fingerprint density at radius 2 is 2.33 bits per heavy atom. The summed E-state index contributed by atoms with van der Waals surface area (Å²) in [5.74, 6) is 1.57. The fraction of sp³-hybridized carbons (Fsp3) is 0.778. The van der Waals surface area contributed by atoms with Crippen molar-refractivity contribution in [3.8, 4) is 0 Å². The van der Waals surface area contributed by atoms with Crippen LogP contribution in [0.2, 0.25) is 0 Å². The van der Waals surface area contributed by atoms with Gasteiger partial charge in [0.2, 0.25) is 0 Å². The van der Waals surface area contributed by atoms with Crippen LogP contribution in [0.1, 0.15) is 32.1 Å². The summed E-state index contributed by atoms with van der Waals surface area (Å²) >= 11 is 5.16. The van der Waals surface area contributed by atoms with Crippen molar-refractivity contribution in [1.29, 1.82) is 0 Å². The second-order valence-corrected chi connectivity index (χ2v) is 5.52. The molecule has 2 unspecified atom stereocenters. The third kappa shape index (κ3) is 3.24. The maximum absolute atomic E-state index is 11.2. The topological polar surface area (TPSA) is 50.7 Å². The summed E-state index contributed by atoms with van der Waals surface area (Å²) in [6.07, 6.45) is 3.63. The summed E-state index contributed by atoms with van der Waals surface area (Å²) in [6, 6.07) is 0.142. The van der Waals surface area contributed by atoms with Crippen molar-refractivity contribution >= 4 is 23.0 Å². The van der Waals surface area contributed by atoms with Crippen molar-refractivity contribution < 1.29 is 4.21 Å². The van der Waals surface area contributed by atoms with Crippen LogP contribution in [0.5, 0.6) is 0 Å². The van der Waals surface area contributed by atoms with Crippen molar-refractivity contribution in [2.45, 2.75) is 32.7 Å². The molecule has 1 heterocycles. The van der Waals surface area contributed by atoms with Gasteiger partial charge in [0.05, 0.1) is 0 Å². The van der Waals surface area contributed by atoms with Gasteiger partial charge in [-0.15, -0.1) is 0 Å². The van der Waals surface area contributed by atoms with Crippen LogP contribution < -0.4 is 0 Å². The minimum atomic E-state index is -0.810. The Labute approximate surface area is 97.5 Å². The number of rotatable bonds is 5. The molecule has 4 nitrogen and oxygen atoms in total. The van der Waals surface area contributed by atoms with E-state index in [9.17, 15) is 4.21 Å². The standard InChI is InChI=1S/C9H17N3OS2/c1-4-5-8-10-11-9(14)12(8)7(2)6-15(3)13/h7H,4-6H2,1-3H3,(H,11,14). The van der Waals surface area contributed by atoms with Crippen molar-refractivity contribution in [2.75, 3.05) is 12.0 Å². The van der Waals surface area contributed by atoms with E-state index >= 15 is 0 Å². The quantitative estimate of drug-likeness (QED) is 0.808. The largest absolute Gasteiger partial charge is 0.300 e. The zero-order valence-corrected chi connectivity index (χ0v) is 11.0. The second kappa shape index (κ2) is 5.55. The first kappa shape index (κ1) is 12.6. The third-order valence-electron chi connectivity index (χ3n) is 2.17. The Bertz CT molecular complexity index is 396. The van der Waals surface area contributed by atoms with Crippen LogP contribution in [-0.2, 0) is 17.2 Å². The highest BCUT2D eigenvalue weighted by molar-refractivity contribution is 7.84. The first-order valence-corrected chi connectivity index (χ1v) is 7.15. The highest BCUT2D eigenvalue weighted by atomic mass is 32.2. The highest BCUT2D eigenvalue weighted by Crippen LogP contribution is 2.12. The summed E-state index contributed by atoms with van der Waals surface area (Å²) < 4.78 is 13.8. The molecule has 1 aromatic heterocycles. The molecule has 0 radical (unpaired) electrons. The molecule has 1 aromatic rings. The Kier molecular flexibility index (Phi) is 4.66. The predicted octanol–water partition coefficient (Wildman–Crippen LogP) is 1.83. The summed E-state index contributed by atoms with van der Waals surface area (Å²) in [5.41, 5.74) is 0. The van der Waals surface area contributed by atoms with Gasteiger partial charge >= 0.3 is 0 Å². The van der Waals surface area contributed by atoms with Gasteiger partial charge in [0, 0.05) is 35.3 Å². The molecular weight excluding hydrogens is 230 g/mol. The van der Waals surface area contributed by atoms with Gasteiger partial charge in [0.1, 0.15) is 5.82 Å². The van der Waals surface area contributed by atoms with Gasteiger partial charge in [0.15, 0.2) is 4.77 Å². The van der Waals surface area contributed by atoms with E-state index in [0.29, 0.717) is 10.5 Å². The van der Waals surface area contributed by atoms with Crippen LogP contribution in [0.25, 0.3) is 0 Å². The SMILES string of the molecule is CCCc1n[nH]c(=S)n1C(C)CS(C)=O. The molecular formula is C9H17N3OS2. The maximum atomic E-state index is 11.2. The molecule has 1 rings (SSSR count).